The molecule has 2 aliphatic heterocycles. The molecule has 4 rings (SSSR count). The van der Waals surface area contributed by atoms with Crippen LogP contribution in [-0.2, 0) is 0 Å². The molecule has 2 aromatic rings. The Morgan fingerprint density at radius 2 is 1.87 bits per heavy atom. The van der Waals surface area contributed by atoms with E-state index < -0.39 is 17.7 Å². The zero-order chi connectivity index (χ0) is 21.6. The number of amides is 3. The lowest BCUT2D eigenvalue weighted by Crippen LogP contribution is -2.45. The van der Waals surface area contributed by atoms with Crippen LogP contribution in [0.1, 0.15) is 24.2 Å². The highest BCUT2D eigenvalue weighted by Crippen LogP contribution is 2.35. The van der Waals surface area contributed by atoms with Gasteiger partial charge < -0.3 is 19.9 Å². The minimum Gasteiger partial charge on any atom is -0.485 e. The van der Waals surface area contributed by atoms with Gasteiger partial charge in [0.15, 0.2) is 0 Å². The van der Waals surface area contributed by atoms with Crippen LogP contribution in [0.2, 0.25) is 0 Å². The third-order valence-electron chi connectivity index (χ3n) is 5.49. The normalized spacial score (nSPS) is 20.5. The Kier molecular flexibility index (Phi) is 5.09. The monoisotopic (exact) mass is 415 g/mol. The molecule has 1 saturated heterocycles. The van der Waals surface area contributed by atoms with Crippen molar-refractivity contribution < 1.29 is 23.1 Å². The highest BCUT2D eigenvalue weighted by molar-refractivity contribution is 5.98. The average molecular weight is 415 g/mol. The molecule has 2 aromatic carbocycles. The summed E-state index contributed by atoms with van der Waals surface area (Å²) in [6, 6.07) is 7.66. The van der Waals surface area contributed by atoms with Gasteiger partial charge in [0, 0.05) is 31.3 Å². The molecule has 1 N–H and O–H groups in total. The predicted molar refractivity (Wildman–Crippen MR) is 107 cm³/mol. The number of hydrogen-bond acceptors (Lipinski definition) is 3. The number of carbonyl (C=O) groups excluding carboxylic acids is 2. The van der Waals surface area contributed by atoms with Crippen LogP contribution in [0.25, 0.3) is 11.1 Å². The fourth-order valence-electron chi connectivity index (χ4n) is 3.94. The SMILES string of the molecule is CC(C)NC(=O)N1C[C@@H]2Oc3cc(-c4ccc(F)cc4F)ccc3C(=O)N(C)[C@@H]2C1. The van der Waals surface area contributed by atoms with Crippen molar-refractivity contribution in [2.45, 2.75) is 32.0 Å². The van der Waals surface area contributed by atoms with Crippen molar-refractivity contribution in [3.05, 3.63) is 53.6 Å². The van der Waals surface area contributed by atoms with Gasteiger partial charge in [0.2, 0.25) is 0 Å². The Bertz CT molecular complexity index is 1010. The van der Waals surface area contributed by atoms with E-state index in [1.165, 1.54) is 12.1 Å². The lowest BCUT2D eigenvalue weighted by molar-refractivity contribution is 0.0682. The molecule has 8 heteroatoms. The summed E-state index contributed by atoms with van der Waals surface area (Å²) < 4.78 is 33.7. The third kappa shape index (κ3) is 3.58. The fraction of sp³-hybridized carbons (Fsp3) is 0.364. The Hall–Kier alpha value is -3.16. The summed E-state index contributed by atoms with van der Waals surface area (Å²) in [6.07, 6.45) is -0.411. The molecular weight excluding hydrogens is 392 g/mol. The Morgan fingerprint density at radius 3 is 2.57 bits per heavy atom. The molecule has 0 spiro atoms. The van der Waals surface area contributed by atoms with Crippen molar-refractivity contribution in [1.82, 2.24) is 15.1 Å². The van der Waals surface area contributed by atoms with Gasteiger partial charge >= 0.3 is 6.03 Å². The van der Waals surface area contributed by atoms with Crippen LogP contribution in [0, 0.1) is 11.6 Å². The van der Waals surface area contributed by atoms with E-state index in [1.54, 1.807) is 35.0 Å². The summed E-state index contributed by atoms with van der Waals surface area (Å²) in [4.78, 5) is 28.6. The highest BCUT2D eigenvalue weighted by Gasteiger charge is 2.43. The molecular formula is C22H23F2N3O3. The van der Waals surface area contributed by atoms with Crippen molar-refractivity contribution in [2.24, 2.45) is 0 Å². The molecule has 0 aliphatic carbocycles. The molecule has 0 aromatic heterocycles. The van der Waals surface area contributed by atoms with Gasteiger partial charge in [-0.3, -0.25) is 4.79 Å². The molecule has 2 aliphatic rings. The third-order valence-corrected chi connectivity index (χ3v) is 5.49. The molecule has 30 heavy (non-hydrogen) atoms. The van der Waals surface area contributed by atoms with Crippen LogP contribution in [0.5, 0.6) is 5.75 Å². The number of benzene rings is 2. The van der Waals surface area contributed by atoms with Crippen LogP contribution in [0.3, 0.4) is 0 Å². The van der Waals surface area contributed by atoms with E-state index in [-0.39, 0.29) is 29.6 Å². The molecule has 2 heterocycles. The van der Waals surface area contributed by atoms with Crippen LogP contribution >= 0.6 is 0 Å². The van der Waals surface area contributed by atoms with E-state index >= 15 is 0 Å². The summed E-state index contributed by atoms with van der Waals surface area (Å²) in [7, 11) is 1.69. The highest BCUT2D eigenvalue weighted by atomic mass is 19.1. The minimum absolute atomic E-state index is 0.00271. The van der Waals surface area contributed by atoms with Gasteiger partial charge in [-0.15, -0.1) is 0 Å². The first-order chi connectivity index (χ1) is 14.2. The zero-order valence-electron chi connectivity index (χ0n) is 17.0. The summed E-state index contributed by atoms with van der Waals surface area (Å²) in [5, 5.41) is 2.85. The van der Waals surface area contributed by atoms with E-state index in [1.807, 2.05) is 13.8 Å². The minimum atomic E-state index is -0.692. The van der Waals surface area contributed by atoms with Gasteiger partial charge in [-0.25, -0.2) is 13.6 Å². The number of hydrogen-bond donors (Lipinski definition) is 1. The second-order valence-electron chi connectivity index (χ2n) is 7.98. The number of fused-ring (bicyclic) bond motifs is 2. The Labute approximate surface area is 173 Å². The van der Waals surface area contributed by atoms with Crippen molar-refractivity contribution in [3.63, 3.8) is 0 Å². The quantitative estimate of drug-likeness (QED) is 0.819. The Balaban J connectivity index is 1.66. The first-order valence-corrected chi connectivity index (χ1v) is 9.83. The first-order valence-electron chi connectivity index (χ1n) is 9.83. The van der Waals surface area contributed by atoms with Gasteiger partial charge in [0.25, 0.3) is 5.91 Å². The Morgan fingerprint density at radius 1 is 1.13 bits per heavy atom. The summed E-state index contributed by atoms with van der Waals surface area (Å²) >= 11 is 0. The number of rotatable bonds is 2. The van der Waals surface area contributed by atoms with Crippen LogP contribution in [0.4, 0.5) is 13.6 Å². The summed E-state index contributed by atoms with van der Waals surface area (Å²) in [6.45, 7) is 4.45. The molecule has 3 amide bonds. The molecule has 0 bridgehead atoms. The fourth-order valence-corrected chi connectivity index (χ4v) is 3.94. The van der Waals surface area contributed by atoms with Gasteiger partial charge in [0.1, 0.15) is 23.5 Å². The topological polar surface area (TPSA) is 61.9 Å². The van der Waals surface area contributed by atoms with Gasteiger partial charge in [-0.1, -0.05) is 6.07 Å². The second-order valence-corrected chi connectivity index (χ2v) is 7.98. The number of urea groups is 1. The van der Waals surface area contributed by atoms with Crippen LogP contribution in [-0.4, -0.2) is 60.1 Å². The van der Waals surface area contributed by atoms with Crippen molar-refractivity contribution in [3.8, 4) is 16.9 Å². The van der Waals surface area contributed by atoms with E-state index in [0.717, 1.165) is 6.07 Å². The zero-order valence-corrected chi connectivity index (χ0v) is 17.0. The maximum Gasteiger partial charge on any atom is 0.317 e. The largest absolute Gasteiger partial charge is 0.485 e. The molecule has 1 fully saturated rings. The molecule has 0 unspecified atom stereocenters. The molecule has 158 valence electrons. The number of nitrogens with one attached hydrogen (secondary N) is 1. The van der Waals surface area contributed by atoms with E-state index in [0.29, 0.717) is 30.0 Å². The lowest BCUT2D eigenvalue weighted by Gasteiger charge is -2.25. The van der Waals surface area contributed by atoms with Crippen molar-refractivity contribution in [2.75, 3.05) is 20.1 Å². The molecule has 6 nitrogen and oxygen atoms in total. The van der Waals surface area contributed by atoms with Crippen LogP contribution < -0.4 is 10.1 Å². The summed E-state index contributed by atoms with van der Waals surface area (Å²) in [5.41, 5.74) is 1.07. The number of ether oxygens (including phenoxy) is 1. The van der Waals surface area contributed by atoms with E-state index in [2.05, 4.69) is 5.32 Å². The standard InChI is InChI=1S/C22H23F2N3O3/c1-12(2)25-22(29)27-10-18-20(11-27)30-19-8-13(4-6-16(19)21(28)26(18)3)15-7-5-14(23)9-17(15)24/h4-9,12,18,20H,10-11H2,1-3H3,(H,25,29)/t18-,20+/m1/s1. The molecule has 0 radical (unpaired) electrons. The number of likely N-dealkylation sites (tertiary alicyclic amines) is 1. The molecule has 0 saturated carbocycles. The lowest BCUT2D eigenvalue weighted by atomic mass is 10.0. The maximum atomic E-state index is 14.2. The number of carbonyl (C=O) groups is 2. The van der Waals surface area contributed by atoms with Gasteiger partial charge in [-0.2, -0.15) is 0 Å². The maximum absolute atomic E-state index is 14.2. The first kappa shape index (κ1) is 20.1. The second kappa shape index (κ2) is 7.59. The van der Waals surface area contributed by atoms with E-state index in [9.17, 15) is 18.4 Å². The molecule has 2 atom stereocenters. The smallest absolute Gasteiger partial charge is 0.317 e. The van der Waals surface area contributed by atoms with Gasteiger partial charge in [0.05, 0.1) is 18.2 Å². The van der Waals surface area contributed by atoms with Crippen LogP contribution in [0.15, 0.2) is 36.4 Å². The average Bonchev–Trinajstić information content (AvgIpc) is 3.06. The van der Waals surface area contributed by atoms with Crippen molar-refractivity contribution >= 4 is 11.9 Å². The number of nitrogens with zero attached hydrogens (tertiary/aromatic N) is 2. The number of halogens is 2. The predicted octanol–water partition coefficient (Wildman–Crippen LogP) is 3.27. The van der Waals surface area contributed by atoms with Crippen molar-refractivity contribution in [1.29, 1.82) is 0 Å². The van der Waals surface area contributed by atoms with E-state index in [4.69, 9.17) is 4.74 Å². The number of likely N-dealkylation sites (N-methyl/N-ethyl adjacent to an activating group) is 1. The van der Waals surface area contributed by atoms with Gasteiger partial charge in [-0.05, 0) is 43.7 Å². The summed E-state index contributed by atoms with van der Waals surface area (Å²) in [5.74, 6) is -1.25.